The van der Waals surface area contributed by atoms with E-state index in [0.29, 0.717) is 23.3 Å². The molecule has 158 valence electrons. The van der Waals surface area contributed by atoms with Crippen molar-refractivity contribution in [1.29, 1.82) is 0 Å². The Morgan fingerprint density at radius 3 is 2.58 bits per heavy atom. The molecule has 0 spiro atoms. The number of ether oxygens (including phenoxy) is 2. The van der Waals surface area contributed by atoms with Crippen LogP contribution in [0, 0.1) is 0 Å². The van der Waals surface area contributed by atoms with Crippen molar-refractivity contribution >= 4 is 29.3 Å². The third-order valence-corrected chi connectivity index (χ3v) is 5.30. The number of methoxy groups -OCH3 is 2. The molecule has 9 nitrogen and oxygen atoms in total. The fourth-order valence-electron chi connectivity index (χ4n) is 2.89. The number of hydrogen-bond acceptors (Lipinski definition) is 9. The van der Waals surface area contributed by atoms with Gasteiger partial charge in [0.05, 0.1) is 25.7 Å². The number of nitrogens with one attached hydrogen (secondary N) is 1. The second-order valence-corrected chi connectivity index (χ2v) is 7.27. The molecular weight excluding hydrogens is 414 g/mol. The highest BCUT2D eigenvalue weighted by molar-refractivity contribution is 7.98. The van der Waals surface area contributed by atoms with E-state index in [1.165, 1.54) is 11.8 Å². The molecule has 2 heterocycles. The van der Waals surface area contributed by atoms with E-state index in [1.54, 1.807) is 20.4 Å². The molecule has 4 rings (SSSR count). The largest absolute Gasteiger partial charge is 0.497 e. The molecule has 3 N–H and O–H groups in total. The summed E-state index contributed by atoms with van der Waals surface area (Å²) < 4.78 is 12.6. The van der Waals surface area contributed by atoms with Gasteiger partial charge in [-0.15, -0.1) is 0 Å². The summed E-state index contributed by atoms with van der Waals surface area (Å²) in [4.78, 5) is 17.4. The molecule has 2 aromatic carbocycles. The molecule has 10 heteroatoms. The number of nitrogens with two attached hydrogens (primary N) is 1. The quantitative estimate of drug-likeness (QED) is 0.400. The van der Waals surface area contributed by atoms with Crippen LogP contribution in [0.3, 0.4) is 0 Å². The normalized spacial score (nSPS) is 10.6. The highest BCUT2D eigenvalue weighted by Gasteiger charge is 2.11. The molecule has 0 fully saturated rings. The number of imidazole rings is 1. The number of aromatic nitrogens is 5. The first-order valence-corrected chi connectivity index (χ1v) is 10.4. The van der Waals surface area contributed by atoms with Gasteiger partial charge in [0.2, 0.25) is 11.9 Å². The van der Waals surface area contributed by atoms with Gasteiger partial charge in [-0.25, -0.2) is 4.98 Å². The van der Waals surface area contributed by atoms with Gasteiger partial charge in [-0.05, 0) is 36.4 Å². The summed E-state index contributed by atoms with van der Waals surface area (Å²) in [5.41, 5.74) is 7.63. The first kappa shape index (κ1) is 20.5. The van der Waals surface area contributed by atoms with Crippen LogP contribution < -0.4 is 20.5 Å². The van der Waals surface area contributed by atoms with Crippen LogP contribution in [-0.2, 0) is 5.75 Å². The lowest BCUT2D eigenvalue weighted by Gasteiger charge is -2.11. The number of rotatable bonds is 8. The van der Waals surface area contributed by atoms with Gasteiger partial charge in [0.15, 0.2) is 5.16 Å². The van der Waals surface area contributed by atoms with Gasteiger partial charge in [-0.1, -0.05) is 23.9 Å². The van der Waals surface area contributed by atoms with Crippen LogP contribution in [0.4, 0.5) is 17.6 Å². The minimum atomic E-state index is 0.140. The lowest BCUT2D eigenvalue weighted by atomic mass is 10.3. The SMILES string of the molecule is COc1ccc(-n2ccnc2SCc2nc(N)nc(Nc3ccccc3OC)n2)cc1. The summed E-state index contributed by atoms with van der Waals surface area (Å²) >= 11 is 1.50. The van der Waals surface area contributed by atoms with Gasteiger partial charge in [0.25, 0.3) is 0 Å². The molecule has 0 aliphatic carbocycles. The number of anilines is 3. The van der Waals surface area contributed by atoms with E-state index in [9.17, 15) is 0 Å². The molecule has 4 aromatic rings. The molecule has 0 saturated heterocycles. The zero-order valence-corrected chi connectivity index (χ0v) is 17.8. The first-order valence-electron chi connectivity index (χ1n) is 9.37. The van der Waals surface area contributed by atoms with Gasteiger partial charge in [-0.2, -0.15) is 15.0 Å². The van der Waals surface area contributed by atoms with Crippen LogP contribution in [0.2, 0.25) is 0 Å². The van der Waals surface area contributed by atoms with E-state index in [0.717, 1.165) is 22.3 Å². The second-order valence-electron chi connectivity index (χ2n) is 6.33. The van der Waals surface area contributed by atoms with Crippen LogP contribution >= 0.6 is 11.8 Å². The average Bonchev–Trinajstić information content (AvgIpc) is 3.26. The van der Waals surface area contributed by atoms with Gasteiger partial charge in [0, 0.05) is 18.1 Å². The van der Waals surface area contributed by atoms with Crippen LogP contribution in [-0.4, -0.2) is 38.7 Å². The first-order chi connectivity index (χ1) is 15.2. The Morgan fingerprint density at radius 1 is 1.00 bits per heavy atom. The van der Waals surface area contributed by atoms with Crippen molar-refractivity contribution in [3.05, 3.63) is 66.7 Å². The van der Waals surface area contributed by atoms with Crippen molar-refractivity contribution in [3.63, 3.8) is 0 Å². The maximum atomic E-state index is 5.91. The third-order valence-electron chi connectivity index (χ3n) is 4.34. The zero-order valence-electron chi connectivity index (χ0n) is 17.0. The molecule has 2 aromatic heterocycles. The second kappa shape index (κ2) is 9.35. The van der Waals surface area contributed by atoms with Gasteiger partial charge in [-0.3, -0.25) is 4.57 Å². The van der Waals surface area contributed by atoms with Crippen LogP contribution in [0.25, 0.3) is 5.69 Å². The summed E-state index contributed by atoms with van der Waals surface area (Å²) in [7, 11) is 3.25. The summed E-state index contributed by atoms with van der Waals surface area (Å²) in [6.45, 7) is 0. The predicted molar refractivity (Wildman–Crippen MR) is 120 cm³/mol. The molecule has 0 aliphatic rings. The maximum Gasteiger partial charge on any atom is 0.232 e. The Kier molecular flexibility index (Phi) is 6.18. The lowest BCUT2D eigenvalue weighted by Crippen LogP contribution is -2.07. The van der Waals surface area contributed by atoms with Crippen molar-refractivity contribution in [2.45, 2.75) is 10.9 Å². The minimum absolute atomic E-state index is 0.140. The van der Waals surface area contributed by atoms with Crippen LogP contribution in [0.5, 0.6) is 11.5 Å². The Balaban J connectivity index is 1.50. The van der Waals surface area contributed by atoms with Gasteiger partial charge in [0.1, 0.15) is 17.3 Å². The van der Waals surface area contributed by atoms with E-state index < -0.39 is 0 Å². The summed E-state index contributed by atoms with van der Waals surface area (Å²) in [5.74, 6) is 2.99. The number of hydrogen-bond donors (Lipinski definition) is 2. The summed E-state index contributed by atoms with van der Waals surface area (Å²) in [5, 5.41) is 3.95. The highest BCUT2D eigenvalue weighted by atomic mass is 32.2. The zero-order chi connectivity index (χ0) is 21.6. The van der Waals surface area contributed by atoms with Crippen molar-refractivity contribution < 1.29 is 9.47 Å². The fourth-order valence-corrected chi connectivity index (χ4v) is 3.72. The Bertz CT molecular complexity index is 1160. The van der Waals surface area contributed by atoms with E-state index in [1.807, 2.05) is 59.3 Å². The Labute approximate surface area is 183 Å². The van der Waals surface area contributed by atoms with E-state index in [4.69, 9.17) is 15.2 Å². The molecule has 0 unspecified atom stereocenters. The van der Waals surface area contributed by atoms with Crippen molar-refractivity contribution in [3.8, 4) is 17.2 Å². The molecule has 0 radical (unpaired) electrons. The molecule has 0 atom stereocenters. The minimum Gasteiger partial charge on any atom is -0.497 e. The highest BCUT2D eigenvalue weighted by Crippen LogP contribution is 2.27. The van der Waals surface area contributed by atoms with E-state index in [-0.39, 0.29) is 5.95 Å². The average molecular weight is 436 g/mol. The van der Waals surface area contributed by atoms with E-state index in [2.05, 4.69) is 25.3 Å². The molecule has 0 amide bonds. The Hall–Kier alpha value is -3.79. The fraction of sp³-hybridized carbons (Fsp3) is 0.143. The van der Waals surface area contributed by atoms with Crippen molar-refractivity contribution in [1.82, 2.24) is 24.5 Å². The number of thioether (sulfide) groups is 1. The third kappa shape index (κ3) is 4.86. The van der Waals surface area contributed by atoms with Crippen molar-refractivity contribution in [2.75, 3.05) is 25.3 Å². The number of nitrogens with zero attached hydrogens (tertiary/aromatic N) is 5. The van der Waals surface area contributed by atoms with Crippen molar-refractivity contribution in [2.24, 2.45) is 0 Å². The maximum absolute atomic E-state index is 5.91. The Morgan fingerprint density at radius 2 is 1.81 bits per heavy atom. The number of benzene rings is 2. The van der Waals surface area contributed by atoms with Gasteiger partial charge >= 0.3 is 0 Å². The smallest absolute Gasteiger partial charge is 0.232 e. The molecule has 0 aliphatic heterocycles. The van der Waals surface area contributed by atoms with Crippen LogP contribution in [0.1, 0.15) is 5.82 Å². The molecular formula is C21H21N7O2S. The molecule has 0 saturated carbocycles. The predicted octanol–water partition coefficient (Wildman–Crippen LogP) is 3.69. The standard InChI is InChI=1S/C21H21N7O2S/c1-29-15-9-7-14(8-10-15)28-12-11-23-21(28)31-13-18-25-19(22)27-20(26-18)24-16-5-3-4-6-17(16)30-2/h3-12H,13H2,1-2H3,(H3,22,24,25,26,27). The number of para-hydroxylation sites is 2. The van der Waals surface area contributed by atoms with Gasteiger partial charge < -0.3 is 20.5 Å². The molecule has 31 heavy (non-hydrogen) atoms. The monoisotopic (exact) mass is 435 g/mol. The van der Waals surface area contributed by atoms with E-state index >= 15 is 0 Å². The summed E-state index contributed by atoms with van der Waals surface area (Å²) in [6, 6.07) is 15.3. The lowest BCUT2D eigenvalue weighted by molar-refractivity contribution is 0.414. The molecule has 0 bridgehead atoms. The number of nitrogen functional groups attached to an aromatic ring is 1. The van der Waals surface area contributed by atoms with Crippen LogP contribution in [0.15, 0.2) is 66.1 Å². The summed E-state index contributed by atoms with van der Waals surface area (Å²) in [6.07, 6.45) is 3.66. The topological polar surface area (TPSA) is 113 Å².